The van der Waals surface area contributed by atoms with Gasteiger partial charge in [0, 0.05) is 44.7 Å². The molecule has 4 rings (SSSR count). The number of likely N-dealkylation sites (N-methyl/N-ethyl adjacent to an activating group) is 1. The maximum Gasteiger partial charge on any atom is 0.290 e. The summed E-state index contributed by atoms with van der Waals surface area (Å²) in [5.41, 5.74) is 5.18. The Hall–Kier alpha value is -2.00. The van der Waals surface area contributed by atoms with E-state index in [-0.39, 0.29) is 11.4 Å². The van der Waals surface area contributed by atoms with Gasteiger partial charge in [-0.25, -0.2) is 0 Å². The van der Waals surface area contributed by atoms with Crippen LogP contribution in [0.5, 0.6) is 0 Å². The van der Waals surface area contributed by atoms with E-state index >= 15 is 0 Å². The molecule has 1 aromatic rings. The molecule has 0 radical (unpaired) electrons. The Labute approximate surface area is 158 Å². The molecule has 9 heteroatoms. The fourth-order valence-corrected chi connectivity index (χ4v) is 4.33. The van der Waals surface area contributed by atoms with E-state index in [0.29, 0.717) is 24.8 Å². The lowest BCUT2D eigenvalue weighted by molar-refractivity contribution is -0.131. The molecule has 148 valence electrons. The average Bonchev–Trinajstić information content (AvgIpc) is 3.36. The number of likely N-dealkylation sites (tertiary alicyclic amines) is 1. The van der Waals surface area contributed by atoms with Crippen LogP contribution in [0.15, 0.2) is 4.52 Å². The first-order valence-corrected chi connectivity index (χ1v) is 9.79. The topological polar surface area (TPSA) is 109 Å². The Morgan fingerprint density at radius 2 is 2.11 bits per heavy atom. The van der Waals surface area contributed by atoms with Crippen LogP contribution in [0.25, 0.3) is 0 Å². The Kier molecular flexibility index (Phi) is 4.90. The predicted molar refractivity (Wildman–Crippen MR) is 96.6 cm³/mol. The lowest BCUT2D eigenvalue weighted by atomic mass is 9.86. The van der Waals surface area contributed by atoms with Crippen molar-refractivity contribution in [1.82, 2.24) is 24.8 Å². The zero-order valence-corrected chi connectivity index (χ0v) is 15.9. The molecular weight excluding hydrogens is 348 g/mol. The summed E-state index contributed by atoms with van der Waals surface area (Å²) in [5.74, 6) is 0.666. The second-order valence-electron chi connectivity index (χ2n) is 8.27. The highest BCUT2D eigenvalue weighted by Gasteiger charge is 2.43. The number of carbonyl (C=O) groups excluding carboxylic acids is 2. The molecule has 1 saturated carbocycles. The van der Waals surface area contributed by atoms with E-state index in [9.17, 15) is 9.59 Å². The fraction of sp³-hybridized carbons (Fsp3) is 0.778. The maximum absolute atomic E-state index is 12.6. The lowest BCUT2D eigenvalue weighted by Crippen LogP contribution is -2.60. The van der Waals surface area contributed by atoms with Crippen molar-refractivity contribution < 1.29 is 14.1 Å². The first-order chi connectivity index (χ1) is 12.9. The number of rotatable bonds is 5. The normalized spacial score (nSPS) is 27.9. The molecule has 0 unspecified atom stereocenters. The largest absolute Gasteiger partial charge is 0.363 e. The summed E-state index contributed by atoms with van der Waals surface area (Å²) in [7, 11) is 2.16. The Balaban J connectivity index is 1.42. The number of hydrogen-bond acceptors (Lipinski definition) is 7. The van der Waals surface area contributed by atoms with Gasteiger partial charge in [-0.1, -0.05) is 5.16 Å². The van der Waals surface area contributed by atoms with Crippen molar-refractivity contribution in [2.45, 2.75) is 44.2 Å². The van der Waals surface area contributed by atoms with Crippen molar-refractivity contribution >= 4 is 11.8 Å². The van der Waals surface area contributed by atoms with E-state index < -0.39 is 5.91 Å². The lowest BCUT2D eigenvalue weighted by Gasteiger charge is -2.49. The van der Waals surface area contributed by atoms with Gasteiger partial charge >= 0.3 is 0 Å². The van der Waals surface area contributed by atoms with Crippen LogP contribution in [-0.2, 0) is 11.3 Å². The van der Waals surface area contributed by atoms with Crippen molar-refractivity contribution in [3.63, 3.8) is 0 Å². The molecule has 1 atom stereocenters. The van der Waals surface area contributed by atoms with E-state index in [0.717, 1.165) is 51.5 Å². The van der Waals surface area contributed by atoms with Crippen LogP contribution in [0.3, 0.4) is 0 Å². The zero-order chi connectivity index (χ0) is 19.0. The smallest absolute Gasteiger partial charge is 0.290 e. The number of aromatic nitrogens is 2. The van der Waals surface area contributed by atoms with Crippen LogP contribution < -0.4 is 5.73 Å². The second kappa shape index (κ2) is 7.20. The van der Waals surface area contributed by atoms with Gasteiger partial charge in [-0.2, -0.15) is 4.98 Å². The highest BCUT2D eigenvalue weighted by Crippen LogP contribution is 2.35. The number of nitrogens with two attached hydrogens (primary N) is 1. The van der Waals surface area contributed by atoms with Crippen molar-refractivity contribution in [2.24, 2.45) is 11.7 Å². The molecule has 9 nitrogen and oxygen atoms in total. The summed E-state index contributed by atoms with van der Waals surface area (Å²) in [6, 6.07) is 0. The summed E-state index contributed by atoms with van der Waals surface area (Å²) < 4.78 is 5.16. The predicted octanol–water partition coefficient (Wildman–Crippen LogP) is 0.0772. The maximum atomic E-state index is 12.6. The first kappa shape index (κ1) is 18.4. The second-order valence-corrected chi connectivity index (χ2v) is 8.27. The SMILES string of the molecule is CN1CCN(Cc2nc(C(N)=O)no2)C[C@]12CCC(=O)N(CC1CC1)CC2. The van der Waals surface area contributed by atoms with Gasteiger partial charge in [0.25, 0.3) is 11.7 Å². The number of carbonyl (C=O) groups is 2. The van der Waals surface area contributed by atoms with Crippen LogP contribution in [0.1, 0.15) is 48.6 Å². The molecule has 1 spiro atoms. The molecule has 1 aromatic heterocycles. The fourth-order valence-electron chi connectivity index (χ4n) is 4.33. The van der Waals surface area contributed by atoms with Crippen LogP contribution in [0.2, 0.25) is 0 Å². The summed E-state index contributed by atoms with van der Waals surface area (Å²) in [5, 5.41) is 3.62. The molecule has 27 heavy (non-hydrogen) atoms. The minimum absolute atomic E-state index is 0.0151. The quantitative estimate of drug-likeness (QED) is 0.775. The van der Waals surface area contributed by atoms with Crippen LogP contribution in [0.4, 0.5) is 0 Å². The number of primary amides is 1. The molecule has 1 aliphatic carbocycles. The van der Waals surface area contributed by atoms with Crippen molar-refractivity contribution in [2.75, 3.05) is 39.8 Å². The molecule has 3 fully saturated rings. The minimum Gasteiger partial charge on any atom is -0.363 e. The summed E-state index contributed by atoms with van der Waals surface area (Å²) in [6.07, 6.45) is 4.99. The van der Waals surface area contributed by atoms with Gasteiger partial charge in [0.15, 0.2) is 0 Å². The van der Waals surface area contributed by atoms with Crippen LogP contribution >= 0.6 is 0 Å². The third-order valence-corrected chi connectivity index (χ3v) is 6.31. The van der Waals surface area contributed by atoms with Crippen LogP contribution in [0, 0.1) is 5.92 Å². The van der Waals surface area contributed by atoms with E-state index in [1.165, 1.54) is 12.8 Å². The number of amides is 2. The molecule has 3 aliphatic rings. The first-order valence-electron chi connectivity index (χ1n) is 9.79. The van der Waals surface area contributed by atoms with E-state index in [4.69, 9.17) is 10.3 Å². The molecule has 2 aliphatic heterocycles. The van der Waals surface area contributed by atoms with E-state index in [1.54, 1.807) is 0 Å². The highest BCUT2D eigenvalue weighted by atomic mass is 16.5. The van der Waals surface area contributed by atoms with Crippen LogP contribution in [-0.4, -0.2) is 82.0 Å². The Bertz CT molecular complexity index is 718. The molecule has 2 amide bonds. The number of hydrogen-bond donors (Lipinski definition) is 1. The van der Waals surface area contributed by atoms with Crippen molar-refractivity contribution in [1.29, 1.82) is 0 Å². The third kappa shape index (κ3) is 3.98. The molecule has 3 heterocycles. The Morgan fingerprint density at radius 3 is 2.81 bits per heavy atom. The molecule has 2 N–H and O–H groups in total. The van der Waals surface area contributed by atoms with Gasteiger partial charge in [-0.3, -0.25) is 19.4 Å². The summed E-state index contributed by atoms with van der Waals surface area (Å²) >= 11 is 0. The van der Waals surface area contributed by atoms with Gasteiger partial charge in [-0.15, -0.1) is 0 Å². The molecular formula is C18H28N6O3. The Morgan fingerprint density at radius 1 is 1.30 bits per heavy atom. The molecule has 2 saturated heterocycles. The van der Waals surface area contributed by atoms with Crippen molar-refractivity contribution in [3.8, 4) is 0 Å². The average molecular weight is 376 g/mol. The van der Waals surface area contributed by atoms with Gasteiger partial charge in [0.1, 0.15) is 0 Å². The highest BCUT2D eigenvalue weighted by molar-refractivity contribution is 5.88. The third-order valence-electron chi connectivity index (χ3n) is 6.31. The minimum atomic E-state index is -0.683. The monoisotopic (exact) mass is 376 g/mol. The number of nitrogens with zero attached hydrogens (tertiary/aromatic N) is 5. The van der Waals surface area contributed by atoms with Gasteiger partial charge in [-0.05, 0) is 38.6 Å². The van der Waals surface area contributed by atoms with Crippen molar-refractivity contribution in [3.05, 3.63) is 11.7 Å². The van der Waals surface area contributed by atoms with E-state index in [2.05, 4.69) is 31.9 Å². The van der Waals surface area contributed by atoms with Gasteiger partial charge in [0.2, 0.25) is 11.8 Å². The molecule has 0 aromatic carbocycles. The molecule has 0 bridgehead atoms. The zero-order valence-electron chi connectivity index (χ0n) is 15.9. The number of piperazine rings is 1. The van der Waals surface area contributed by atoms with Gasteiger partial charge < -0.3 is 15.2 Å². The van der Waals surface area contributed by atoms with Gasteiger partial charge in [0.05, 0.1) is 6.54 Å². The summed E-state index contributed by atoms with van der Waals surface area (Å²) in [4.78, 5) is 34.6. The standard InChI is InChI=1S/C18H28N6O3/c1-22-8-9-23(11-14-20-17(16(19)26)21-27-14)12-18(22)5-4-15(25)24(7-6-18)10-13-2-3-13/h13H,2-12H2,1H3,(H2,19,26)/t18-/m1/s1. The summed E-state index contributed by atoms with van der Waals surface area (Å²) in [6.45, 7) is 4.91. The van der Waals surface area contributed by atoms with E-state index in [1.807, 2.05) is 0 Å².